The second-order valence-electron chi connectivity index (χ2n) is 3.37. The van der Waals surface area contributed by atoms with Gasteiger partial charge in [0.1, 0.15) is 0 Å². The van der Waals surface area contributed by atoms with Crippen molar-refractivity contribution in [2.45, 2.75) is 13.0 Å². The lowest BCUT2D eigenvalue weighted by molar-refractivity contribution is 0.421. The van der Waals surface area contributed by atoms with Crippen LogP contribution in [0, 0.1) is 0 Å². The molecule has 0 saturated heterocycles. The summed E-state index contributed by atoms with van der Waals surface area (Å²) in [5, 5.41) is 0. The third kappa shape index (κ3) is 1.11. The number of hydrogen-bond acceptors (Lipinski definition) is 1. The van der Waals surface area contributed by atoms with Crippen LogP contribution in [0.25, 0.3) is 0 Å². The summed E-state index contributed by atoms with van der Waals surface area (Å²) in [6.07, 6.45) is 13.0. The molecule has 62 valence electrons. The molecule has 1 heterocycles. The van der Waals surface area contributed by atoms with Gasteiger partial charge in [0.05, 0.1) is 6.04 Å². The number of hydrogen-bond donors (Lipinski definition) is 0. The highest BCUT2D eigenvalue weighted by Gasteiger charge is 2.16. The van der Waals surface area contributed by atoms with Crippen LogP contribution < -0.4 is 0 Å². The van der Waals surface area contributed by atoms with Crippen molar-refractivity contribution in [3.05, 3.63) is 47.7 Å². The second kappa shape index (κ2) is 2.67. The fraction of sp³-hybridized carbons (Fsp3) is 0.273. The number of fused-ring (bicyclic) bond motifs is 1. The van der Waals surface area contributed by atoms with Crippen LogP contribution in [-0.4, -0.2) is 18.0 Å². The quantitative estimate of drug-likeness (QED) is 0.524. The molecule has 0 radical (unpaired) electrons. The van der Waals surface area contributed by atoms with Gasteiger partial charge in [-0.05, 0) is 24.8 Å². The molecular weight excluding hydrogens is 146 g/mol. The van der Waals surface area contributed by atoms with Gasteiger partial charge >= 0.3 is 0 Å². The van der Waals surface area contributed by atoms with Gasteiger partial charge in [0.15, 0.2) is 0 Å². The van der Waals surface area contributed by atoms with Crippen molar-refractivity contribution >= 4 is 0 Å². The second-order valence-corrected chi connectivity index (χ2v) is 3.37. The van der Waals surface area contributed by atoms with Crippen LogP contribution in [0.2, 0.25) is 0 Å². The lowest BCUT2D eigenvalue weighted by Gasteiger charge is -2.30. The summed E-state index contributed by atoms with van der Waals surface area (Å²) >= 11 is 0. The van der Waals surface area contributed by atoms with E-state index in [0.29, 0.717) is 6.04 Å². The van der Waals surface area contributed by atoms with Gasteiger partial charge in [-0.25, -0.2) is 0 Å². The number of rotatable bonds is 0. The summed E-state index contributed by atoms with van der Waals surface area (Å²) in [6.45, 7) is 2.13. The zero-order valence-corrected chi connectivity index (χ0v) is 7.49. The molecule has 0 spiro atoms. The molecule has 2 rings (SSSR count). The van der Waals surface area contributed by atoms with Crippen LogP contribution in [0.5, 0.6) is 0 Å². The van der Waals surface area contributed by atoms with Gasteiger partial charge in [-0.2, -0.15) is 0 Å². The Bertz CT molecular complexity index is 305. The maximum absolute atomic E-state index is 2.24. The largest absolute Gasteiger partial charge is 0.370 e. The number of likely N-dealkylation sites (N-methyl/N-ethyl adjacent to an activating group) is 1. The summed E-state index contributed by atoms with van der Waals surface area (Å²) < 4.78 is 0. The molecule has 1 unspecified atom stereocenters. The third-order valence-electron chi connectivity index (χ3n) is 2.33. The molecule has 0 N–H and O–H groups in total. The van der Waals surface area contributed by atoms with E-state index < -0.39 is 0 Å². The maximum atomic E-state index is 2.24. The Morgan fingerprint density at radius 1 is 1.42 bits per heavy atom. The van der Waals surface area contributed by atoms with Crippen molar-refractivity contribution in [3.63, 3.8) is 0 Å². The van der Waals surface area contributed by atoms with Gasteiger partial charge in [0.25, 0.3) is 0 Å². The summed E-state index contributed by atoms with van der Waals surface area (Å²) in [5.41, 5.74) is 2.72. The van der Waals surface area contributed by atoms with Crippen LogP contribution in [0.1, 0.15) is 6.92 Å². The molecule has 0 bridgehead atoms. The van der Waals surface area contributed by atoms with E-state index in [1.54, 1.807) is 0 Å². The van der Waals surface area contributed by atoms with Crippen LogP contribution in [0.4, 0.5) is 0 Å². The first kappa shape index (κ1) is 7.41. The fourth-order valence-electron chi connectivity index (χ4n) is 1.65. The van der Waals surface area contributed by atoms with E-state index in [-0.39, 0.29) is 0 Å². The average molecular weight is 159 g/mol. The Morgan fingerprint density at radius 3 is 3.08 bits per heavy atom. The SMILES string of the molecule is CC1=CC2=CC=CN(C)C2C=C1. The van der Waals surface area contributed by atoms with E-state index in [2.05, 4.69) is 55.5 Å². The van der Waals surface area contributed by atoms with Crippen molar-refractivity contribution in [1.29, 1.82) is 0 Å². The summed E-state index contributed by atoms with van der Waals surface area (Å²) in [4.78, 5) is 2.22. The van der Waals surface area contributed by atoms with Crippen LogP contribution in [0.15, 0.2) is 47.7 Å². The minimum Gasteiger partial charge on any atom is -0.370 e. The molecule has 2 aliphatic rings. The Balaban J connectivity index is 2.37. The third-order valence-corrected chi connectivity index (χ3v) is 2.33. The first-order valence-corrected chi connectivity index (χ1v) is 4.24. The lowest BCUT2D eigenvalue weighted by atomic mass is 9.95. The maximum Gasteiger partial charge on any atom is 0.0721 e. The summed E-state index contributed by atoms with van der Waals surface area (Å²) in [5.74, 6) is 0. The minimum absolute atomic E-state index is 0.457. The van der Waals surface area contributed by atoms with Gasteiger partial charge < -0.3 is 4.90 Å². The summed E-state index contributed by atoms with van der Waals surface area (Å²) in [7, 11) is 2.10. The molecule has 1 nitrogen and oxygen atoms in total. The van der Waals surface area contributed by atoms with Crippen molar-refractivity contribution in [2.24, 2.45) is 0 Å². The normalized spacial score (nSPS) is 26.5. The first-order chi connectivity index (χ1) is 5.77. The van der Waals surface area contributed by atoms with Gasteiger partial charge in [0, 0.05) is 7.05 Å². The topological polar surface area (TPSA) is 3.24 Å². The van der Waals surface area contributed by atoms with E-state index in [0.717, 1.165) is 0 Å². The van der Waals surface area contributed by atoms with Crippen molar-refractivity contribution in [2.75, 3.05) is 7.05 Å². The predicted molar refractivity (Wildman–Crippen MR) is 51.7 cm³/mol. The monoisotopic (exact) mass is 159 g/mol. The van der Waals surface area contributed by atoms with E-state index in [9.17, 15) is 0 Å². The Kier molecular flexibility index (Phi) is 1.65. The first-order valence-electron chi connectivity index (χ1n) is 4.24. The number of allylic oxidation sites excluding steroid dienone is 4. The van der Waals surface area contributed by atoms with Crippen LogP contribution in [-0.2, 0) is 0 Å². The predicted octanol–water partition coefficient (Wildman–Crippen LogP) is 2.26. The smallest absolute Gasteiger partial charge is 0.0721 e. The standard InChI is InChI=1S/C11H13N/c1-9-5-6-11-10(8-9)4-3-7-12(11)2/h3-8,11H,1-2H3. The molecule has 0 aromatic heterocycles. The molecule has 1 atom stereocenters. The molecule has 12 heavy (non-hydrogen) atoms. The van der Waals surface area contributed by atoms with Crippen molar-refractivity contribution in [3.8, 4) is 0 Å². The Morgan fingerprint density at radius 2 is 2.25 bits per heavy atom. The van der Waals surface area contributed by atoms with Crippen molar-refractivity contribution < 1.29 is 0 Å². The van der Waals surface area contributed by atoms with Gasteiger partial charge in [0.2, 0.25) is 0 Å². The van der Waals surface area contributed by atoms with E-state index in [1.807, 2.05) is 0 Å². The molecule has 0 saturated carbocycles. The minimum atomic E-state index is 0.457. The van der Waals surface area contributed by atoms with Crippen LogP contribution >= 0.6 is 0 Å². The Labute approximate surface area is 73.4 Å². The molecule has 0 amide bonds. The average Bonchev–Trinajstić information content (AvgIpc) is 2.04. The van der Waals surface area contributed by atoms with Gasteiger partial charge in [-0.1, -0.05) is 29.9 Å². The van der Waals surface area contributed by atoms with Crippen molar-refractivity contribution in [1.82, 2.24) is 4.90 Å². The van der Waals surface area contributed by atoms with Gasteiger partial charge in [-0.3, -0.25) is 0 Å². The van der Waals surface area contributed by atoms with Gasteiger partial charge in [-0.15, -0.1) is 0 Å². The van der Waals surface area contributed by atoms with E-state index in [1.165, 1.54) is 11.1 Å². The van der Waals surface area contributed by atoms with Crippen LogP contribution in [0.3, 0.4) is 0 Å². The lowest BCUT2D eigenvalue weighted by Crippen LogP contribution is -2.29. The summed E-state index contributed by atoms with van der Waals surface area (Å²) in [6, 6.07) is 0.457. The zero-order valence-electron chi connectivity index (χ0n) is 7.49. The molecule has 1 heteroatoms. The highest BCUT2D eigenvalue weighted by atomic mass is 15.1. The van der Waals surface area contributed by atoms with E-state index in [4.69, 9.17) is 0 Å². The molecule has 0 aromatic rings. The highest BCUT2D eigenvalue weighted by molar-refractivity contribution is 5.44. The van der Waals surface area contributed by atoms with E-state index >= 15 is 0 Å². The molecule has 0 fully saturated rings. The number of nitrogens with zero attached hydrogens (tertiary/aromatic N) is 1. The molecular formula is C11H13N. The molecule has 1 aliphatic carbocycles. The molecule has 0 aromatic carbocycles. The zero-order chi connectivity index (χ0) is 8.55. The highest BCUT2D eigenvalue weighted by Crippen LogP contribution is 2.23. The molecule has 1 aliphatic heterocycles. The fourth-order valence-corrected chi connectivity index (χ4v) is 1.65. The Hall–Kier alpha value is -1.24.